The van der Waals surface area contributed by atoms with Crippen LogP contribution < -0.4 is 0 Å². The van der Waals surface area contributed by atoms with Crippen LogP contribution in [-0.2, 0) is 13.0 Å². The first-order valence-corrected chi connectivity index (χ1v) is 4.57. The Morgan fingerprint density at radius 3 is 3.10 bits per heavy atom. The van der Waals surface area contributed by atoms with Gasteiger partial charge in [0.2, 0.25) is 0 Å². The molecule has 56 valence electrons. The molecule has 0 spiro atoms. The van der Waals surface area contributed by atoms with Crippen molar-refractivity contribution >= 4 is 15.9 Å². The second-order valence-electron chi connectivity index (χ2n) is 2.08. The van der Waals surface area contributed by atoms with Gasteiger partial charge in [0.05, 0.1) is 0 Å². The Morgan fingerprint density at radius 2 is 2.50 bits per heavy atom. The molecular formula is C7H11BrN2. The molecule has 0 radical (unpaired) electrons. The Labute approximate surface area is 69.4 Å². The molecular weight excluding hydrogens is 192 g/mol. The topological polar surface area (TPSA) is 17.8 Å². The molecule has 0 amide bonds. The third kappa shape index (κ3) is 1.59. The van der Waals surface area contributed by atoms with Gasteiger partial charge < -0.3 is 0 Å². The molecule has 0 fully saturated rings. The summed E-state index contributed by atoms with van der Waals surface area (Å²) in [6.45, 7) is 3.07. The highest BCUT2D eigenvalue weighted by molar-refractivity contribution is 9.09. The van der Waals surface area contributed by atoms with Gasteiger partial charge in [0.1, 0.15) is 0 Å². The molecule has 1 aromatic heterocycles. The second kappa shape index (κ2) is 3.76. The van der Waals surface area contributed by atoms with E-state index >= 15 is 0 Å². The van der Waals surface area contributed by atoms with Crippen molar-refractivity contribution in [3.05, 3.63) is 18.0 Å². The lowest BCUT2D eigenvalue weighted by molar-refractivity contribution is 0.627. The van der Waals surface area contributed by atoms with E-state index in [9.17, 15) is 0 Å². The van der Waals surface area contributed by atoms with Gasteiger partial charge in [-0.3, -0.25) is 4.68 Å². The summed E-state index contributed by atoms with van der Waals surface area (Å²) in [6, 6.07) is 2.06. The summed E-state index contributed by atoms with van der Waals surface area (Å²) < 4.78 is 2.02. The van der Waals surface area contributed by atoms with Gasteiger partial charge in [-0.2, -0.15) is 5.10 Å². The Kier molecular flexibility index (Phi) is 2.93. The lowest BCUT2D eigenvalue weighted by Crippen LogP contribution is -2.02. The summed E-state index contributed by atoms with van der Waals surface area (Å²) in [6.07, 6.45) is 2.91. The number of aryl methyl sites for hydroxylation is 2. The first kappa shape index (κ1) is 7.79. The fraction of sp³-hybridized carbons (Fsp3) is 0.571. The average molecular weight is 203 g/mol. The van der Waals surface area contributed by atoms with Crippen LogP contribution in [0.15, 0.2) is 12.3 Å². The molecule has 0 aromatic carbocycles. The molecule has 1 rings (SSSR count). The number of alkyl halides is 1. The highest BCUT2D eigenvalue weighted by Crippen LogP contribution is 2.01. The van der Waals surface area contributed by atoms with Crippen molar-refractivity contribution < 1.29 is 0 Å². The van der Waals surface area contributed by atoms with E-state index in [4.69, 9.17) is 0 Å². The summed E-state index contributed by atoms with van der Waals surface area (Å²) >= 11 is 3.39. The summed E-state index contributed by atoms with van der Waals surface area (Å²) in [5.41, 5.74) is 1.30. The molecule has 0 saturated carbocycles. The fourth-order valence-electron chi connectivity index (χ4n) is 0.954. The van der Waals surface area contributed by atoms with Gasteiger partial charge in [0.15, 0.2) is 0 Å². The SMILES string of the molecule is CCn1nccc1CCBr. The van der Waals surface area contributed by atoms with Gasteiger partial charge >= 0.3 is 0 Å². The van der Waals surface area contributed by atoms with Crippen molar-refractivity contribution in [3.8, 4) is 0 Å². The molecule has 0 aliphatic heterocycles. The summed E-state index contributed by atoms with van der Waals surface area (Å²) in [7, 11) is 0. The van der Waals surface area contributed by atoms with E-state index in [1.54, 1.807) is 0 Å². The Morgan fingerprint density at radius 1 is 1.70 bits per heavy atom. The molecule has 1 heterocycles. The maximum atomic E-state index is 4.15. The first-order valence-electron chi connectivity index (χ1n) is 3.45. The number of hydrogen-bond acceptors (Lipinski definition) is 1. The Bertz CT molecular complexity index is 195. The zero-order valence-electron chi connectivity index (χ0n) is 6.05. The Hall–Kier alpha value is -0.310. The van der Waals surface area contributed by atoms with Crippen LogP contribution in [0.2, 0.25) is 0 Å². The molecule has 10 heavy (non-hydrogen) atoms. The van der Waals surface area contributed by atoms with E-state index < -0.39 is 0 Å². The zero-order chi connectivity index (χ0) is 7.40. The molecule has 0 N–H and O–H groups in total. The van der Waals surface area contributed by atoms with Crippen molar-refractivity contribution in [1.82, 2.24) is 9.78 Å². The van der Waals surface area contributed by atoms with Crippen LogP contribution in [0, 0.1) is 0 Å². The van der Waals surface area contributed by atoms with Gasteiger partial charge in [0, 0.05) is 23.8 Å². The minimum Gasteiger partial charge on any atom is -0.270 e. The van der Waals surface area contributed by atoms with E-state index in [-0.39, 0.29) is 0 Å². The molecule has 3 heteroatoms. The summed E-state index contributed by atoms with van der Waals surface area (Å²) in [5.74, 6) is 0. The Balaban J connectivity index is 2.70. The molecule has 2 nitrogen and oxygen atoms in total. The molecule has 0 saturated heterocycles. The van der Waals surface area contributed by atoms with E-state index in [1.165, 1.54) is 5.69 Å². The van der Waals surface area contributed by atoms with Gasteiger partial charge in [-0.15, -0.1) is 0 Å². The predicted octanol–water partition coefficient (Wildman–Crippen LogP) is 1.84. The van der Waals surface area contributed by atoms with Crippen LogP contribution in [0.5, 0.6) is 0 Å². The highest BCUT2D eigenvalue weighted by atomic mass is 79.9. The minimum absolute atomic E-state index is 0.968. The second-order valence-corrected chi connectivity index (χ2v) is 2.87. The quantitative estimate of drug-likeness (QED) is 0.685. The normalized spacial score (nSPS) is 10.2. The monoisotopic (exact) mass is 202 g/mol. The van der Waals surface area contributed by atoms with Crippen molar-refractivity contribution in [2.45, 2.75) is 19.9 Å². The zero-order valence-corrected chi connectivity index (χ0v) is 7.63. The third-order valence-electron chi connectivity index (χ3n) is 1.45. The maximum absolute atomic E-state index is 4.15. The van der Waals surface area contributed by atoms with Gasteiger partial charge in [-0.25, -0.2) is 0 Å². The lowest BCUT2D eigenvalue weighted by atomic mass is 10.3. The molecule has 0 unspecified atom stereocenters. The van der Waals surface area contributed by atoms with E-state index in [0.717, 1.165) is 18.3 Å². The van der Waals surface area contributed by atoms with Crippen LogP contribution in [0.3, 0.4) is 0 Å². The number of hydrogen-bond donors (Lipinski definition) is 0. The summed E-state index contributed by atoms with van der Waals surface area (Å²) in [5, 5.41) is 5.16. The molecule has 0 bridgehead atoms. The molecule has 0 aliphatic rings. The largest absolute Gasteiger partial charge is 0.270 e. The lowest BCUT2D eigenvalue weighted by Gasteiger charge is -2.00. The number of nitrogens with zero attached hydrogens (tertiary/aromatic N) is 2. The molecule has 0 aliphatic carbocycles. The number of aromatic nitrogens is 2. The fourth-order valence-corrected chi connectivity index (χ4v) is 1.36. The predicted molar refractivity (Wildman–Crippen MR) is 45.4 cm³/mol. The van der Waals surface area contributed by atoms with Crippen molar-refractivity contribution in [2.75, 3.05) is 5.33 Å². The van der Waals surface area contributed by atoms with Gasteiger partial charge in [-0.1, -0.05) is 15.9 Å². The van der Waals surface area contributed by atoms with Crippen LogP contribution in [0.25, 0.3) is 0 Å². The average Bonchev–Trinajstić information content (AvgIpc) is 2.36. The van der Waals surface area contributed by atoms with Gasteiger partial charge in [-0.05, 0) is 19.4 Å². The van der Waals surface area contributed by atoms with Gasteiger partial charge in [0.25, 0.3) is 0 Å². The standard InChI is InChI=1S/C7H11BrN2/c1-2-10-7(3-5-8)4-6-9-10/h4,6H,2-3,5H2,1H3. The van der Waals surface area contributed by atoms with Crippen molar-refractivity contribution in [2.24, 2.45) is 0 Å². The minimum atomic E-state index is 0.968. The number of halogens is 1. The third-order valence-corrected chi connectivity index (χ3v) is 1.85. The summed E-state index contributed by atoms with van der Waals surface area (Å²) in [4.78, 5) is 0. The van der Waals surface area contributed by atoms with Crippen molar-refractivity contribution in [3.63, 3.8) is 0 Å². The first-order chi connectivity index (χ1) is 4.88. The highest BCUT2D eigenvalue weighted by Gasteiger charge is 1.97. The maximum Gasteiger partial charge on any atom is 0.0492 e. The molecule has 0 atom stereocenters. The van der Waals surface area contributed by atoms with Crippen molar-refractivity contribution in [1.29, 1.82) is 0 Å². The van der Waals surface area contributed by atoms with Crippen LogP contribution in [0.1, 0.15) is 12.6 Å². The van der Waals surface area contributed by atoms with E-state index in [1.807, 2.05) is 10.9 Å². The van der Waals surface area contributed by atoms with E-state index in [0.29, 0.717) is 0 Å². The van der Waals surface area contributed by atoms with Crippen LogP contribution in [-0.4, -0.2) is 15.1 Å². The number of rotatable bonds is 3. The smallest absolute Gasteiger partial charge is 0.0492 e. The van der Waals surface area contributed by atoms with Crippen LogP contribution >= 0.6 is 15.9 Å². The molecule has 1 aromatic rings. The van der Waals surface area contributed by atoms with E-state index in [2.05, 4.69) is 34.0 Å². The van der Waals surface area contributed by atoms with Crippen LogP contribution in [0.4, 0.5) is 0 Å².